The lowest BCUT2D eigenvalue weighted by Crippen LogP contribution is -2.35. The van der Waals surface area contributed by atoms with Crippen molar-refractivity contribution < 1.29 is 14.3 Å². The second-order valence-corrected chi connectivity index (χ2v) is 7.86. The number of ether oxygens (including phenoxy) is 1. The van der Waals surface area contributed by atoms with Crippen LogP contribution >= 0.6 is 11.3 Å². The zero-order chi connectivity index (χ0) is 16.0. The third-order valence-electron chi connectivity index (χ3n) is 5.49. The van der Waals surface area contributed by atoms with Gasteiger partial charge in [0.2, 0.25) is 5.91 Å². The highest BCUT2D eigenvalue weighted by molar-refractivity contribution is 7.08. The first-order chi connectivity index (χ1) is 11.1. The van der Waals surface area contributed by atoms with Gasteiger partial charge in [-0.05, 0) is 23.8 Å². The van der Waals surface area contributed by atoms with Crippen LogP contribution in [-0.2, 0) is 9.53 Å². The average molecular weight is 334 g/mol. The van der Waals surface area contributed by atoms with Gasteiger partial charge in [0.1, 0.15) is 0 Å². The van der Waals surface area contributed by atoms with E-state index in [-0.39, 0.29) is 17.9 Å². The molecule has 1 N–H and O–H groups in total. The van der Waals surface area contributed by atoms with E-state index in [9.17, 15) is 9.59 Å². The van der Waals surface area contributed by atoms with Gasteiger partial charge in [0, 0.05) is 48.3 Å². The van der Waals surface area contributed by atoms with Crippen molar-refractivity contribution >= 4 is 23.2 Å². The van der Waals surface area contributed by atoms with Crippen LogP contribution in [0.15, 0.2) is 16.8 Å². The number of carbonyl (C=O) groups excluding carboxylic acids is 2. The maximum Gasteiger partial charge on any atom is 0.252 e. The van der Waals surface area contributed by atoms with Crippen molar-refractivity contribution in [1.82, 2.24) is 10.2 Å². The lowest BCUT2D eigenvalue weighted by molar-refractivity contribution is -0.132. The molecule has 2 amide bonds. The first-order valence-corrected chi connectivity index (χ1v) is 9.28. The van der Waals surface area contributed by atoms with Crippen LogP contribution < -0.4 is 5.32 Å². The van der Waals surface area contributed by atoms with Crippen LogP contribution in [0.2, 0.25) is 0 Å². The highest BCUT2D eigenvalue weighted by atomic mass is 32.1. The van der Waals surface area contributed by atoms with E-state index in [0.717, 1.165) is 25.1 Å². The normalized spacial score (nSPS) is 35.2. The summed E-state index contributed by atoms with van der Waals surface area (Å²) in [5, 5.41) is 6.77. The monoisotopic (exact) mass is 334 g/mol. The number of hydrogen-bond donors (Lipinski definition) is 1. The molecular formula is C17H22N2O3S. The molecular weight excluding hydrogens is 312 g/mol. The van der Waals surface area contributed by atoms with Gasteiger partial charge in [0.25, 0.3) is 5.91 Å². The second kappa shape index (κ2) is 5.91. The molecule has 0 unspecified atom stereocenters. The number of carbonyl (C=O) groups is 2. The summed E-state index contributed by atoms with van der Waals surface area (Å²) in [4.78, 5) is 26.4. The molecule has 2 saturated heterocycles. The summed E-state index contributed by atoms with van der Waals surface area (Å²) in [5.74, 6) is 1.73. The number of nitrogens with zero attached hydrogens (tertiary/aromatic N) is 1. The molecule has 4 rings (SSSR count). The molecule has 23 heavy (non-hydrogen) atoms. The molecule has 0 spiro atoms. The van der Waals surface area contributed by atoms with Gasteiger partial charge in [0.05, 0.1) is 12.7 Å². The first-order valence-electron chi connectivity index (χ1n) is 8.34. The van der Waals surface area contributed by atoms with Crippen molar-refractivity contribution in [2.45, 2.75) is 19.4 Å². The van der Waals surface area contributed by atoms with Crippen LogP contribution in [0.5, 0.6) is 0 Å². The Labute approximate surface area is 140 Å². The van der Waals surface area contributed by atoms with Gasteiger partial charge < -0.3 is 15.0 Å². The van der Waals surface area contributed by atoms with Crippen molar-refractivity contribution in [2.24, 2.45) is 23.7 Å². The van der Waals surface area contributed by atoms with Crippen LogP contribution in [0.3, 0.4) is 0 Å². The van der Waals surface area contributed by atoms with Gasteiger partial charge in [-0.15, -0.1) is 0 Å². The fourth-order valence-electron chi connectivity index (χ4n) is 3.81. The summed E-state index contributed by atoms with van der Waals surface area (Å²) >= 11 is 1.52. The van der Waals surface area contributed by atoms with Gasteiger partial charge >= 0.3 is 0 Å². The van der Waals surface area contributed by atoms with E-state index in [1.807, 2.05) is 21.7 Å². The Morgan fingerprint density at radius 3 is 2.96 bits per heavy atom. The third-order valence-corrected chi connectivity index (χ3v) is 6.17. The van der Waals surface area contributed by atoms with Crippen molar-refractivity contribution in [3.8, 4) is 0 Å². The van der Waals surface area contributed by atoms with Crippen molar-refractivity contribution in [3.63, 3.8) is 0 Å². The van der Waals surface area contributed by atoms with Gasteiger partial charge in [-0.2, -0.15) is 11.3 Å². The minimum Gasteiger partial charge on any atom is -0.376 e. The number of fused-ring (bicyclic) bond motifs is 1. The van der Waals surface area contributed by atoms with Gasteiger partial charge in [0.15, 0.2) is 0 Å². The highest BCUT2D eigenvalue weighted by Gasteiger charge is 2.49. The summed E-state index contributed by atoms with van der Waals surface area (Å²) in [7, 11) is 0. The molecule has 5 atom stereocenters. The summed E-state index contributed by atoms with van der Waals surface area (Å²) in [6.07, 6.45) is 1.18. The highest BCUT2D eigenvalue weighted by Crippen LogP contribution is 2.41. The van der Waals surface area contributed by atoms with Gasteiger partial charge in [-0.1, -0.05) is 6.92 Å². The third kappa shape index (κ3) is 2.90. The summed E-state index contributed by atoms with van der Waals surface area (Å²) in [5.41, 5.74) is 0.719. The lowest BCUT2D eigenvalue weighted by atomic mass is 9.93. The van der Waals surface area contributed by atoms with E-state index in [2.05, 4.69) is 12.2 Å². The topological polar surface area (TPSA) is 58.6 Å². The zero-order valence-corrected chi connectivity index (χ0v) is 14.1. The summed E-state index contributed by atoms with van der Waals surface area (Å²) in [6, 6.07) is 1.83. The molecule has 0 radical (unpaired) electrons. The largest absolute Gasteiger partial charge is 0.376 e. The maximum atomic E-state index is 12.4. The van der Waals surface area contributed by atoms with E-state index in [0.29, 0.717) is 36.8 Å². The van der Waals surface area contributed by atoms with Gasteiger partial charge in [-0.3, -0.25) is 9.59 Å². The quantitative estimate of drug-likeness (QED) is 0.910. The fourth-order valence-corrected chi connectivity index (χ4v) is 4.45. The second-order valence-electron chi connectivity index (χ2n) is 7.08. The van der Waals surface area contributed by atoms with Crippen LogP contribution in [0.1, 0.15) is 23.7 Å². The molecule has 5 nitrogen and oxygen atoms in total. The average Bonchev–Trinajstić information content (AvgIpc) is 2.99. The molecule has 2 aliphatic heterocycles. The number of likely N-dealkylation sites (tertiary alicyclic amines) is 1. The molecule has 0 aromatic carbocycles. The Morgan fingerprint density at radius 1 is 1.43 bits per heavy atom. The number of rotatable bonds is 4. The number of nitrogens with one attached hydrogen (secondary N) is 1. The molecule has 0 bridgehead atoms. The number of hydrogen-bond acceptors (Lipinski definition) is 4. The Hall–Kier alpha value is -1.40. The summed E-state index contributed by atoms with van der Waals surface area (Å²) in [6.45, 7) is 4.95. The van der Waals surface area contributed by atoms with E-state index in [1.165, 1.54) is 11.3 Å². The number of thiophene rings is 1. The van der Waals surface area contributed by atoms with Crippen molar-refractivity contribution in [1.29, 1.82) is 0 Å². The smallest absolute Gasteiger partial charge is 0.252 e. The lowest BCUT2D eigenvalue weighted by Gasteiger charge is -2.20. The molecule has 1 saturated carbocycles. The molecule has 3 heterocycles. The van der Waals surface area contributed by atoms with Crippen LogP contribution in [0.4, 0.5) is 0 Å². The molecule has 1 aliphatic carbocycles. The zero-order valence-electron chi connectivity index (χ0n) is 13.2. The molecule has 124 valence electrons. The Bertz CT molecular complexity index is 603. The maximum absolute atomic E-state index is 12.4. The fraction of sp³-hybridized carbons (Fsp3) is 0.647. The SMILES string of the molecule is C[C@@H]1C[C@@H]1C(=O)N1C[C@@H]2[C@H](CNC(=O)c3ccsc3)CO[C@@H]2C1. The van der Waals surface area contributed by atoms with E-state index < -0.39 is 0 Å². The first kappa shape index (κ1) is 15.1. The van der Waals surface area contributed by atoms with E-state index in [1.54, 1.807) is 0 Å². The Balaban J connectivity index is 1.31. The van der Waals surface area contributed by atoms with Crippen molar-refractivity contribution in [2.75, 3.05) is 26.2 Å². The van der Waals surface area contributed by atoms with Gasteiger partial charge in [-0.25, -0.2) is 0 Å². The molecule has 1 aromatic heterocycles. The Kier molecular flexibility index (Phi) is 3.89. The standard InChI is InChI=1S/C17H22N2O3S/c1-10-4-13(10)17(21)19-6-14-12(8-22-15(14)7-19)5-18-16(20)11-2-3-23-9-11/h2-3,9-10,12-15H,4-8H2,1H3,(H,18,20)/t10-,12-,13+,14-,15-/m1/s1. The predicted molar refractivity (Wildman–Crippen MR) is 87.2 cm³/mol. The Morgan fingerprint density at radius 2 is 2.26 bits per heavy atom. The minimum absolute atomic E-state index is 0.0209. The minimum atomic E-state index is -0.0209. The van der Waals surface area contributed by atoms with E-state index in [4.69, 9.17) is 4.74 Å². The molecule has 3 aliphatic rings. The van der Waals surface area contributed by atoms with Crippen LogP contribution in [0.25, 0.3) is 0 Å². The molecule has 3 fully saturated rings. The van der Waals surface area contributed by atoms with Crippen LogP contribution in [0, 0.1) is 23.7 Å². The molecule has 6 heteroatoms. The van der Waals surface area contributed by atoms with Crippen molar-refractivity contribution in [3.05, 3.63) is 22.4 Å². The predicted octanol–water partition coefficient (Wildman–Crippen LogP) is 1.61. The summed E-state index contributed by atoms with van der Waals surface area (Å²) < 4.78 is 5.88. The van der Waals surface area contributed by atoms with Crippen LogP contribution in [-0.4, -0.2) is 49.1 Å². The molecule has 1 aromatic rings. The number of amides is 2. The van der Waals surface area contributed by atoms with E-state index >= 15 is 0 Å².